The third-order valence-electron chi connectivity index (χ3n) is 4.23. The van der Waals surface area contributed by atoms with E-state index in [9.17, 15) is 4.79 Å². The van der Waals surface area contributed by atoms with Crippen molar-refractivity contribution >= 4 is 5.97 Å². The van der Waals surface area contributed by atoms with Crippen LogP contribution < -0.4 is 0 Å². The molecule has 116 valence electrons. The maximum atomic E-state index is 12.3. The van der Waals surface area contributed by atoms with Crippen LogP contribution in [-0.4, -0.2) is 44.8 Å². The number of nitrogens with zero attached hydrogens (tertiary/aromatic N) is 1. The molecule has 0 N–H and O–H groups in total. The van der Waals surface area contributed by atoms with Gasteiger partial charge in [-0.2, -0.15) is 0 Å². The highest BCUT2D eigenvalue weighted by atomic mass is 16.5. The van der Waals surface area contributed by atoms with Crippen molar-refractivity contribution in [2.45, 2.75) is 25.8 Å². The van der Waals surface area contributed by atoms with Crippen LogP contribution in [0.3, 0.4) is 0 Å². The lowest BCUT2D eigenvalue weighted by Gasteiger charge is -2.37. The van der Waals surface area contributed by atoms with E-state index in [2.05, 4.69) is 4.90 Å². The minimum atomic E-state index is -0.309. The average molecular weight is 291 g/mol. The zero-order chi connectivity index (χ0) is 15.2. The van der Waals surface area contributed by atoms with Gasteiger partial charge in [-0.3, -0.25) is 4.90 Å². The summed E-state index contributed by atoms with van der Waals surface area (Å²) in [6.45, 7) is 4.59. The van der Waals surface area contributed by atoms with Crippen LogP contribution in [0.2, 0.25) is 0 Å². The molecular weight excluding hydrogens is 266 g/mol. The van der Waals surface area contributed by atoms with Crippen molar-refractivity contribution in [2.24, 2.45) is 5.92 Å². The third-order valence-corrected chi connectivity index (χ3v) is 4.23. The Labute approximate surface area is 127 Å². The Morgan fingerprint density at radius 3 is 2.81 bits per heavy atom. The zero-order valence-electron chi connectivity index (χ0n) is 13.2. The summed E-state index contributed by atoms with van der Waals surface area (Å²) in [6, 6.07) is 7.74. The lowest BCUT2D eigenvalue weighted by atomic mass is 9.93. The SMILES string of the molecule is COC[C@H]1CCCN([C@H](C(=O)OC)c2ccccc2C)C1. The molecule has 4 heteroatoms. The van der Waals surface area contributed by atoms with Gasteiger partial charge in [0, 0.05) is 13.7 Å². The number of likely N-dealkylation sites (tertiary alicyclic amines) is 1. The predicted octanol–water partition coefficient (Wildman–Crippen LogP) is 2.57. The molecule has 1 aliphatic rings. The first kappa shape index (κ1) is 16.0. The molecule has 0 spiro atoms. The Balaban J connectivity index is 2.24. The van der Waals surface area contributed by atoms with Crippen molar-refractivity contribution in [1.29, 1.82) is 0 Å². The van der Waals surface area contributed by atoms with E-state index in [1.807, 2.05) is 31.2 Å². The van der Waals surface area contributed by atoms with Gasteiger partial charge >= 0.3 is 5.97 Å². The third kappa shape index (κ3) is 3.83. The second kappa shape index (κ2) is 7.57. The van der Waals surface area contributed by atoms with Gasteiger partial charge in [0.15, 0.2) is 0 Å². The van der Waals surface area contributed by atoms with Crippen molar-refractivity contribution < 1.29 is 14.3 Å². The number of piperidine rings is 1. The molecule has 1 fully saturated rings. The number of rotatable bonds is 5. The van der Waals surface area contributed by atoms with E-state index in [0.29, 0.717) is 5.92 Å². The van der Waals surface area contributed by atoms with Gasteiger partial charge in [-0.05, 0) is 43.4 Å². The molecule has 0 radical (unpaired) electrons. The molecule has 1 aliphatic heterocycles. The predicted molar refractivity (Wildman–Crippen MR) is 82.1 cm³/mol. The molecule has 0 saturated carbocycles. The van der Waals surface area contributed by atoms with E-state index in [1.54, 1.807) is 7.11 Å². The largest absolute Gasteiger partial charge is 0.468 e. The van der Waals surface area contributed by atoms with E-state index >= 15 is 0 Å². The maximum absolute atomic E-state index is 12.3. The summed E-state index contributed by atoms with van der Waals surface area (Å²) in [6.07, 6.45) is 2.25. The fourth-order valence-electron chi connectivity index (χ4n) is 3.18. The van der Waals surface area contributed by atoms with Crippen LogP contribution in [0, 0.1) is 12.8 Å². The lowest BCUT2D eigenvalue weighted by Crippen LogP contribution is -2.43. The van der Waals surface area contributed by atoms with E-state index in [-0.39, 0.29) is 12.0 Å². The summed E-state index contributed by atoms with van der Waals surface area (Å²) in [4.78, 5) is 14.6. The number of esters is 1. The number of hydrogen-bond donors (Lipinski definition) is 0. The van der Waals surface area contributed by atoms with E-state index < -0.39 is 0 Å². The van der Waals surface area contributed by atoms with E-state index in [0.717, 1.165) is 43.7 Å². The quantitative estimate of drug-likeness (QED) is 0.782. The van der Waals surface area contributed by atoms with Crippen LogP contribution >= 0.6 is 0 Å². The molecular formula is C17H25NO3. The zero-order valence-corrected chi connectivity index (χ0v) is 13.2. The molecule has 1 heterocycles. The molecule has 1 aromatic rings. The van der Waals surface area contributed by atoms with Gasteiger partial charge in [0.2, 0.25) is 0 Å². The molecule has 0 bridgehead atoms. The van der Waals surface area contributed by atoms with Crippen LogP contribution in [-0.2, 0) is 14.3 Å². The summed E-state index contributed by atoms with van der Waals surface area (Å²) in [7, 11) is 3.20. The van der Waals surface area contributed by atoms with Crippen molar-refractivity contribution in [1.82, 2.24) is 4.90 Å². The van der Waals surface area contributed by atoms with Gasteiger partial charge in [0.25, 0.3) is 0 Å². The van der Waals surface area contributed by atoms with Crippen LogP contribution in [0.15, 0.2) is 24.3 Å². The van der Waals surface area contributed by atoms with Crippen molar-refractivity contribution in [3.8, 4) is 0 Å². The standard InChI is InChI=1S/C17H25NO3/c1-13-7-4-5-9-15(13)16(17(19)21-3)18-10-6-8-14(11-18)12-20-2/h4-5,7,9,14,16H,6,8,10-12H2,1-3H3/t14-,16-/m0/s1. The Bertz CT molecular complexity index is 473. The van der Waals surface area contributed by atoms with Gasteiger partial charge < -0.3 is 9.47 Å². The number of carbonyl (C=O) groups is 1. The van der Waals surface area contributed by atoms with E-state index in [4.69, 9.17) is 9.47 Å². The first-order chi connectivity index (χ1) is 10.2. The molecule has 1 aromatic carbocycles. The molecule has 2 rings (SSSR count). The smallest absolute Gasteiger partial charge is 0.327 e. The molecule has 1 saturated heterocycles. The fraction of sp³-hybridized carbons (Fsp3) is 0.588. The number of ether oxygens (including phenoxy) is 2. The van der Waals surface area contributed by atoms with Gasteiger partial charge in [0.1, 0.15) is 6.04 Å². The van der Waals surface area contributed by atoms with Crippen molar-refractivity contribution in [3.63, 3.8) is 0 Å². The summed E-state index contributed by atoms with van der Waals surface area (Å²) in [5, 5.41) is 0. The molecule has 0 aliphatic carbocycles. The molecule has 0 amide bonds. The Morgan fingerprint density at radius 2 is 2.14 bits per heavy atom. The minimum absolute atomic E-state index is 0.178. The number of carbonyl (C=O) groups excluding carboxylic acids is 1. The number of benzene rings is 1. The fourth-order valence-corrected chi connectivity index (χ4v) is 3.18. The molecule has 0 aromatic heterocycles. The summed E-state index contributed by atoms with van der Waals surface area (Å²) in [5.41, 5.74) is 2.17. The van der Waals surface area contributed by atoms with Gasteiger partial charge in [-0.1, -0.05) is 24.3 Å². The van der Waals surface area contributed by atoms with Crippen LogP contribution in [0.25, 0.3) is 0 Å². The highest BCUT2D eigenvalue weighted by Gasteiger charge is 2.33. The monoisotopic (exact) mass is 291 g/mol. The van der Waals surface area contributed by atoms with Crippen molar-refractivity contribution in [2.75, 3.05) is 33.9 Å². The highest BCUT2D eigenvalue weighted by Crippen LogP contribution is 2.29. The van der Waals surface area contributed by atoms with E-state index in [1.165, 1.54) is 7.11 Å². The second-order valence-electron chi connectivity index (χ2n) is 5.74. The second-order valence-corrected chi connectivity index (χ2v) is 5.74. The Hall–Kier alpha value is -1.39. The first-order valence-corrected chi connectivity index (χ1v) is 7.53. The van der Waals surface area contributed by atoms with Crippen molar-refractivity contribution in [3.05, 3.63) is 35.4 Å². The summed E-state index contributed by atoms with van der Waals surface area (Å²) >= 11 is 0. The average Bonchev–Trinajstić information content (AvgIpc) is 2.50. The Morgan fingerprint density at radius 1 is 1.38 bits per heavy atom. The first-order valence-electron chi connectivity index (χ1n) is 7.53. The highest BCUT2D eigenvalue weighted by molar-refractivity contribution is 5.78. The molecule has 2 atom stereocenters. The normalized spacial score (nSPS) is 21.0. The van der Waals surface area contributed by atoms with Crippen LogP contribution in [0.4, 0.5) is 0 Å². The molecule has 0 unspecified atom stereocenters. The summed E-state index contributed by atoms with van der Waals surface area (Å²) < 4.78 is 10.3. The van der Waals surface area contributed by atoms with Gasteiger partial charge in [-0.25, -0.2) is 4.79 Å². The van der Waals surface area contributed by atoms with Crippen LogP contribution in [0.1, 0.15) is 30.0 Å². The molecule has 21 heavy (non-hydrogen) atoms. The number of hydrogen-bond acceptors (Lipinski definition) is 4. The molecule has 4 nitrogen and oxygen atoms in total. The Kier molecular flexibility index (Phi) is 5.76. The topological polar surface area (TPSA) is 38.8 Å². The van der Waals surface area contributed by atoms with Gasteiger partial charge in [0.05, 0.1) is 13.7 Å². The minimum Gasteiger partial charge on any atom is -0.468 e. The number of methoxy groups -OCH3 is 2. The number of aryl methyl sites for hydroxylation is 1. The summed E-state index contributed by atoms with van der Waals surface area (Å²) in [5.74, 6) is 0.308. The maximum Gasteiger partial charge on any atom is 0.327 e. The lowest BCUT2D eigenvalue weighted by molar-refractivity contribution is -0.148. The van der Waals surface area contributed by atoms with Crippen LogP contribution in [0.5, 0.6) is 0 Å². The van der Waals surface area contributed by atoms with Gasteiger partial charge in [-0.15, -0.1) is 0 Å².